The van der Waals surface area contributed by atoms with Crippen molar-refractivity contribution in [2.24, 2.45) is 0 Å². The van der Waals surface area contributed by atoms with Crippen molar-refractivity contribution in [1.29, 1.82) is 0 Å². The van der Waals surface area contributed by atoms with Gasteiger partial charge in [0.15, 0.2) is 5.78 Å². The van der Waals surface area contributed by atoms with Crippen LogP contribution in [0.4, 0.5) is 5.69 Å². The zero-order valence-corrected chi connectivity index (χ0v) is 14.2. The van der Waals surface area contributed by atoms with E-state index in [-0.39, 0.29) is 5.78 Å². The molecule has 0 aliphatic rings. The first-order valence-electron chi connectivity index (χ1n) is 7.06. The minimum atomic E-state index is -0.0567. The average Bonchev–Trinajstić information content (AvgIpc) is 2.50. The minimum Gasteiger partial charge on any atom is -0.494 e. The molecule has 1 N–H and O–H groups in total. The molecule has 0 saturated carbocycles. The van der Waals surface area contributed by atoms with Crippen molar-refractivity contribution in [2.75, 3.05) is 11.9 Å². The van der Waals surface area contributed by atoms with E-state index >= 15 is 0 Å². The summed E-state index contributed by atoms with van der Waals surface area (Å²) in [5, 5.41) is 3.10. The Morgan fingerprint density at radius 2 is 1.95 bits per heavy atom. The lowest BCUT2D eigenvalue weighted by Gasteiger charge is -2.05. The maximum atomic E-state index is 12.1. The van der Waals surface area contributed by atoms with Gasteiger partial charge in [0, 0.05) is 22.3 Å². The zero-order chi connectivity index (χ0) is 15.9. The molecule has 0 heterocycles. The molecular weight excluding hydrogens is 342 g/mol. The molecule has 0 radical (unpaired) electrons. The molecule has 0 unspecified atom stereocenters. The van der Waals surface area contributed by atoms with Crippen LogP contribution in [-0.4, -0.2) is 12.4 Å². The van der Waals surface area contributed by atoms with Crippen LogP contribution >= 0.6 is 15.9 Å². The van der Waals surface area contributed by atoms with E-state index in [9.17, 15) is 4.79 Å². The van der Waals surface area contributed by atoms with Gasteiger partial charge in [-0.1, -0.05) is 6.07 Å². The SMILES string of the molecule is CCOc1ccc(C(=O)/C=C/Nc2ccc(C)cc2Br)cc1. The van der Waals surface area contributed by atoms with Crippen LogP contribution in [0.15, 0.2) is 59.2 Å². The van der Waals surface area contributed by atoms with Crippen molar-refractivity contribution in [3.05, 3.63) is 70.3 Å². The highest BCUT2D eigenvalue weighted by Gasteiger charge is 2.02. The molecule has 22 heavy (non-hydrogen) atoms. The number of ketones is 1. The Labute approximate surface area is 139 Å². The van der Waals surface area contributed by atoms with Crippen LogP contribution in [0.1, 0.15) is 22.8 Å². The highest BCUT2D eigenvalue weighted by molar-refractivity contribution is 9.10. The van der Waals surface area contributed by atoms with Crippen LogP contribution in [0.25, 0.3) is 0 Å². The Kier molecular flexibility index (Phi) is 5.78. The molecule has 0 spiro atoms. The molecule has 0 aliphatic carbocycles. The maximum absolute atomic E-state index is 12.1. The van der Waals surface area contributed by atoms with Gasteiger partial charge in [0.2, 0.25) is 0 Å². The number of carbonyl (C=O) groups excluding carboxylic acids is 1. The molecule has 0 aromatic heterocycles. The fourth-order valence-electron chi connectivity index (χ4n) is 1.92. The number of aryl methyl sites for hydroxylation is 1. The van der Waals surface area contributed by atoms with Gasteiger partial charge in [0.1, 0.15) is 5.75 Å². The third-order valence-corrected chi connectivity index (χ3v) is 3.70. The summed E-state index contributed by atoms with van der Waals surface area (Å²) in [5.41, 5.74) is 2.72. The van der Waals surface area contributed by atoms with Crippen molar-refractivity contribution in [1.82, 2.24) is 0 Å². The normalized spacial score (nSPS) is 10.7. The van der Waals surface area contributed by atoms with Crippen molar-refractivity contribution in [3.63, 3.8) is 0 Å². The minimum absolute atomic E-state index is 0.0567. The van der Waals surface area contributed by atoms with Crippen LogP contribution in [0.3, 0.4) is 0 Å². The zero-order valence-electron chi connectivity index (χ0n) is 12.6. The van der Waals surface area contributed by atoms with Crippen molar-refractivity contribution in [2.45, 2.75) is 13.8 Å². The number of anilines is 1. The number of carbonyl (C=O) groups is 1. The quantitative estimate of drug-likeness (QED) is 0.584. The molecule has 2 aromatic carbocycles. The number of ether oxygens (including phenoxy) is 1. The molecule has 0 fully saturated rings. The highest BCUT2D eigenvalue weighted by Crippen LogP contribution is 2.23. The van der Waals surface area contributed by atoms with Gasteiger partial charge in [-0.3, -0.25) is 4.79 Å². The highest BCUT2D eigenvalue weighted by atomic mass is 79.9. The number of halogens is 1. The van der Waals surface area contributed by atoms with Crippen LogP contribution in [0.2, 0.25) is 0 Å². The molecule has 2 aromatic rings. The molecule has 0 bridgehead atoms. The maximum Gasteiger partial charge on any atom is 0.187 e. The Balaban J connectivity index is 1.98. The van der Waals surface area contributed by atoms with E-state index in [1.54, 1.807) is 30.5 Å². The fraction of sp³-hybridized carbons (Fsp3) is 0.167. The van der Waals surface area contributed by atoms with Gasteiger partial charge in [-0.25, -0.2) is 0 Å². The third kappa shape index (κ3) is 4.46. The van der Waals surface area contributed by atoms with Crippen LogP contribution in [-0.2, 0) is 0 Å². The average molecular weight is 360 g/mol. The molecule has 0 saturated heterocycles. The number of hydrogen-bond donors (Lipinski definition) is 1. The molecular formula is C18H18BrNO2. The number of rotatable bonds is 6. The second-order valence-electron chi connectivity index (χ2n) is 4.78. The summed E-state index contributed by atoms with van der Waals surface area (Å²) in [7, 11) is 0. The van der Waals surface area contributed by atoms with Gasteiger partial charge in [-0.15, -0.1) is 0 Å². The van der Waals surface area contributed by atoms with Crippen LogP contribution in [0.5, 0.6) is 5.75 Å². The fourth-order valence-corrected chi connectivity index (χ4v) is 2.53. The number of allylic oxidation sites excluding steroid dienone is 1. The Morgan fingerprint density at radius 3 is 2.59 bits per heavy atom. The second-order valence-corrected chi connectivity index (χ2v) is 5.64. The van der Waals surface area contributed by atoms with E-state index in [4.69, 9.17) is 4.74 Å². The number of hydrogen-bond acceptors (Lipinski definition) is 3. The van der Waals surface area contributed by atoms with E-state index in [2.05, 4.69) is 21.2 Å². The topological polar surface area (TPSA) is 38.3 Å². The van der Waals surface area contributed by atoms with E-state index in [0.29, 0.717) is 12.2 Å². The molecule has 0 aliphatic heterocycles. The summed E-state index contributed by atoms with van der Waals surface area (Å²) in [6, 6.07) is 13.1. The first kappa shape index (κ1) is 16.3. The van der Waals surface area contributed by atoms with Gasteiger partial charge >= 0.3 is 0 Å². The molecule has 114 valence electrons. The summed E-state index contributed by atoms with van der Waals surface area (Å²) in [6.07, 6.45) is 3.16. The standard InChI is InChI=1S/C18H18BrNO2/c1-3-22-15-7-5-14(6-8-15)18(21)10-11-20-17-9-4-13(2)12-16(17)19/h4-12,20H,3H2,1-2H3/b11-10+. The Hall–Kier alpha value is -2.07. The predicted octanol–water partition coefficient (Wildman–Crippen LogP) is 4.96. The van der Waals surface area contributed by atoms with Crippen LogP contribution in [0, 0.1) is 6.92 Å². The largest absolute Gasteiger partial charge is 0.494 e. The van der Waals surface area contributed by atoms with Gasteiger partial charge in [-0.2, -0.15) is 0 Å². The first-order chi connectivity index (χ1) is 10.6. The summed E-state index contributed by atoms with van der Waals surface area (Å²) in [6.45, 7) is 4.57. The molecule has 0 atom stereocenters. The second kappa shape index (κ2) is 7.80. The van der Waals surface area contributed by atoms with Crippen LogP contribution < -0.4 is 10.1 Å². The summed E-state index contributed by atoms with van der Waals surface area (Å²) < 4.78 is 6.32. The monoisotopic (exact) mass is 359 g/mol. The molecule has 3 nitrogen and oxygen atoms in total. The van der Waals surface area contributed by atoms with Gasteiger partial charge in [-0.05, 0) is 71.7 Å². The molecule has 2 rings (SSSR count). The Bertz CT molecular complexity index is 678. The van der Waals surface area contributed by atoms with E-state index < -0.39 is 0 Å². The van der Waals surface area contributed by atoms with E-state index in [1.807, 2.05) is 32.0 Å². The number of benzene rings is 2. The van der Waals surface area contributed by atoms with Gasteiger partial charge in [0.05, 0.1) is 12.3 Å². The van der Waals surface area contributed by atoms with Crippen molar-refractivity contribution < 1.29 is 9.53 Å². The van der Waals surface area contributed by atoms with Crippen molar-refractivity contribution >= 4 is 27.4 Å². The number of nitrogens with one attached hydrogen (secondary N) is 1. The van der Waals surface area contributed by atoms with Crippen molar-refractivity contribution in [3.8, 4) is 5.75 Å². The lowest BCUT2D eigenvalue weighted by Crippen LogP contribution is -1.97. The van der Waals surface area contributed by atoms with Gasteiger partial charge in [0.25, 0.3) is 0 Å². The summed E-state index contributed by atoms with van der Waals surface area (Å²) in [5.74, 6) is 0.712. The lowest BCUT2D eigenvalue weighted by atomic mass is 10.1. The third-order valence-electron chi connectivity index (χ3n) is 3.05. The molecule has 4 heteroatoms. The van der Waals surface area contributed by atoms with Gasteiger partial charge < -0.3 is 10.1 Å². The Morgan fingerprint density at radius 1 is 1.23 bits per heavy atom. The first-order valence-corrected chi connectivity index (χ1v) is 7.86. The van der Waals surface area contributed by atoms with E-state index in [0.717, 1.165) is 15.9 Å². The van der Waals surface area contributed by atoms with E-state index in [1.165, 1.54) is 11.6 Å². The predicted molar refractivity (Wildman–Crippen MR) is 93.6 cm³/mol. The molecule has 0 amide bonds. The lowest BCUT2D eigenvalue weighted by molar-refractivity contribution is 0.104. The summed E-state index contributed by atoms with van der Waals surface area (Å²) >= 11 is 3.49. The summed E-state index contributed by atoms with van der Waals surface area (Å²) in [4.78, 5) is 12.1. The smallest absolute Gasteiger partial charge is 0.187 e.